The molecule has 1 aromatic rings. The normalized spacial score (nSPS) is 12.1. The Kier molecular flexibility index (Phi) is 4.47. The lowest BCUT2D eigenvalue weighted by Gasteiger charge is -1.99. The van der Waals surface area contributed by atoms with Crippen LogP contribution in [0.4, 0.5) is 0 Å². The summed E-state index contributed by atoms with van der Waals surface area (Å²) in [5.74, 6) is 0.879. The van der Waals surface area contributed by atoms with Crippen LogP contribution in [0.2, 0.25) is 0 Å². The molecule has 0 aliphatic rings. The summed E-state index contributed by atoms with van der Waals surface area (Å²) in [6.45, 7) is 1.99. The van der Waals surface area contributed by atoms with E-state index in [1.165, 1.54) is 0 Å². The Morgan fingerprint density at radius 1 is 1.29 bits per heavy atom. The maximum atomic E-state index is 5.08. The summed E-state index contributed by atoms with van der Waals surface area (Å²) in [5, 5.41) is 0. The van der Waals surface area contributed by atoms with Crippen LogP contribution in [0, 0.1) is 0 Å². The molecule has 0 bridgehead atoms. The highest BCUT2D eigenvalue weighted by Gasteiger charge is 1.91. The van der Waals surface area contributed by atoms with Crippen molar-refractivity contribution in [2.24, 2.45) is 0 Å². The van der Waals surface area contributed by atoms with Gasteiger partial charge in [-0.1, -0.05) is 40.2 Å². The van der Waals surface area contributed by atoms with Crippen LogP contribution >= 0.6 is 15.9 Å². The molecule has 14 heavy (non-hydrogen) atoms. The van der Waals surface area contributed by atoms with Crippen molar-refractivity contribution in [1.29, 1.82) is 0 Å². The van der Waals surface area contributed by atoms with Crippen molar-refractivity contribution in [3.8, 4) is 5.75 Å². The Balaban J connectivity index is 2.82. The van der Waals surface area contributed by atoms with Gasteiger partial charge in [-0.05, 0) is 30.7 Å². The minimum absolute atomic E-state index is 0.879. The summed E-state index contributed by atoms with van der Waals surface area (Å²) in [5.41, 5.74) is 1.15. The Morgan fingerprint density at radius 2 is 1.93 bits per heavy atom. The second-order valence-electron chi connectivity index (χ2n) is 2.80. The number of allylic oxidation sites excluding steroid dienone is 3. The Labute approximate surface area is 93.2 Å². The number of ether oxygens (including phenoxy) is 1. The number of rotatable bonds is 3. The lowest BCUT2D eigenvalue weighted by molar-refractivity contribution is 0.415. The van der Waals surface area contributed by atoms with Gasteiger partial charge in [0.15, 0.2) is 0 Å². The van der Waals surface area contributed by atoms with Crippen LogP contribution in [-0.4, -0.2) is 7.11 Å². The average Bonchev–Trinajstić information content (AvgIpc) is 2.19. The Bertz CT molecular complexity index is 336. The van der Waals surface area contributed by atoms with Crippen molar-refractivity contribution >= 4 is 22.0 Å². The molecule has 1 nitrogen and oxygen atoms in total. The van der Waals surface area contributed by atoms with Gasteiger partial charge in [0.1, 0.15) is 5.75 Å². The molecule has 0 unspecified atom stereocenters. The van der Waals surface area contributed by atoms with E-state index in [0.29, 0.717) is 0 Å². The second kappa shape index (κ2) is 5.66. The number of methoxy groups -OCH3 is 1. The van der Waals surface area contributed by atoms with Crippen molar-refractivity contribution < 1.29 is 4.74 Å². The smallest absolute Gasteiger partial charge is 0.118 e. The fourth-order valence-corrected chi connectivity index (χ4v) is 1.60. The first-order chi connectivity index (χ1) is 6.76. The van der Waals surface area contributed by atoms with Gasteiger partial charge in [0, 0.05) is 4.48 Å². The van der Waals surface area contributed by atoms with E-state index in [-0.39, 0.29) is 0 Å². The third kappa shape index (κ3) is 3.38. The summed E-state index contributed by atoms with van der Waals surface area (Å²) in [6.07, 6.45) is 6.05. The highest BCUT2D eigenvalue weighted by molar-refractivity contribution is 9.12. The van der Waals surface area contributed by atoms with Crippen molar-refractivity contribution in [1.82, 2.24) is 0 Å². The molecule has 0 atom stereocenters. The molecule has 1 rings (SSSR count). The van der Waals surface area contributed by atoms with Gasteiger partial charge in [0.2, 0.25) is 0 Å². The number of hydrogen-bond donors (Lipinski definition) is 0. The summed E-state index contributed by atoms with van der Waals surface area (Å²) in [4.78, 5) is 0. The maximum absolute atomic E-state index is 5.08. The van der Waals surface area contributed by atoms with Crippen molar-refractivity contribution in [2.75, 3.05) is 7.11 Å². The molecule has 74 valence electrons. The second-order valence-corrected chi connectivity index (χ2v) is 3.72. The Hall–Kier alpha value is -1.02. The molecule has 0 spiro atoms. The Morgan fingerprint density at radius 3 is 2.43 bits per heavy atom. The molecule has 0 saturated carbocycles. The van der Waals surface area contributed by atoms with Gasteiger partial charge in [-0.3, -0.25) is 0 Å². The van der Waals surface area contributed by atoms with Gasteiger partial charge in [-0.2, -0.15) is 0 Å². The fourth-order valence-electron chi connectivity index (χ4n) is 1.07. The first-order valence-electron chi connectivity index (χ1n) is 4.40. The molecule has 0 radical (unpaired) electrons. The molecule has 0 amide bonds. The molecule has 0 N–H and O–H groups in total. The summed E-state index contributed by atoms with van der Waals surface area (Å²) < 4.78 is 6.14. The van der Waals surface area contributed by atoms with E-state index in [1.54, 1.807) is 7.11 Å². The summed E-state index contributed by atoms with van der Waals surface area (Å²) in [7, 11) is 1.67. The molecule has 0 saturated heterocycles. The number of halogens is 1. The van der Waals surface area contributed by atoms with Crippen molar-refractivity contribution in [3.05, 3.63) is 46.5 Å². The third-order valence-corrected chi connectivity index (χ3v) is 2.24. The van der Waals surface area contributed by atoms with Gasteiger partial charge in [0.25, 0.3) is 0 Å². The standard InChI is InChI=1S/C12H13BrO/c1-3-4-11(13)9-10-5-7-12(14-2)8-6-10/h3-9H,1-2H3/b4-3-,11-9+. The molecule has 1 aromatic carbocycles. The van der Waals surface area contributed by atoms with Crippen molar-refractivity contribution in [2.45, 2.75) is 6.92 Å². The largest absolute Gasteiger partial charge is 0.497 e. The molecule has 0 fully saturated rings. The van der Waals surface area contributed by atoms with Gasteiger partial charge in [-0.25, -0.2) is 0 Å². The molecule has 2 heteroatoms. The SMILES string of the molecule is C/C=C\C(Br)=C/c1ccc(OC)cc1. The van der Waals surface area contributed by atoms with E-state index in [0.717, 1.165) is 15.8 Å². The lowest BCUT2D eigenvalue weighted by atomic mass is 10.2. The van der Waals surface area contributed by atoms with E-state index >= 15 is 0 Å². The predicted octanol–water partition coefficient (Wildman–Crippen LogP) is 4.01. The quantitative estimate of drug-likeness (QED) is 0.739. The maximum Gasteiger partial charge on any atom is 0.118 e. The van der Waals surface area contributed by atoms with Crippen LogP contribution in [0.5, 0.6) is 5.75 Å². The molecule has 0 aliphatic carbocycles. The van der Waals surface area contributed by atoms with E-state index in [1.807, 2.05) is 43.3 Å². The first kappa shape index (κ1) is 11.1. The molecular weight excluding hydrogens is 240 g/mol. The monoisotopic (exact) mass is 252 g/mol. The summed E-state index contributed by atoms with van der Waals surface area (Å²) in [6, 6.07) is 7.93. The molecule has 0 heterocycles. The average molecular weight is 253 g/mol. The van der Waals surface area contributed by atoms with Crippen LogP contribution in [0.15, 0.2) is 40.9 Å². The van der Waals surface area contributed by atoms with E-state index in [9.17, 15) is 0 Å². The van der Waals surface area contributed by atoms with Crippen LogP contribution < -0.4 is 4.74 Å². The summed E-state index contributed by atoms with van der Waals surface area (Å²) >= 11 is 3.45. The highest BCUT2D eigenvalue weighted by atomic mass is 79.9. The topological polar surface area (TPSA) is 9.23 Å². The van der Waals surface area contributed by atoms with Crippen LogP contribution in [-0.2, 0) is 0 Å². The fraction of sp³-hybridized carbons (Fsp3) is 0.167. The molecule has 0 aromatic heterocycles. The zero-order valence-corrected chi connectivity index (χ0v) is 9.91. The minimum atomic E-state index is 0.879. The highest BCUT2D eigenvalue weighted by Crippen LogP contribution is 2.16. The van der Waals surface area contributed by atoms with Gasteiger partial charge < -0.3 is 4.74 Å². The third-order valence-electron chi connectivity index (χ3n) is 1.75. The van der Waals surface area contributed by atoms with Crippen LogP contribution in [0.1, 0.15) is 12.5 Å². The van der Waals surface area contributed by atoms with E-state index < -0.39 is 0 Å². The molecular formula is C12H13BrO. The predicted molar refractivity (Wildman–Crippen MR) is 64.7 cm³/mol. The van der Waals surface area contributed by atoms with Gasteiger partial charge >= 0.3 is 0 Å². The van der Waals surface area contributed by atoms with Crippen LogP contribution in [0.3, 0.4) is 0 Å². The van der Waals surface area contributed by atoms with E-state index in [2.05, 4.69) is 22.0 Å². The first-order valence-corrected chi connectivity index (χ1v) is 5.19. The van der Waals surface area contributed by atoms with Crippen molar-refractivity contribution in [3.63, 3.8) is 0 Å². The minimum Gasteiger partial charge on any atom is -0.497 e. The van der Waals surface area contributed by atoms with E-state index in [4.69, 9.17) is 4.74 Å². The number of benzene rings is 1. The zero-order valence-electron chi connectivity index (χ0n) is 8.33. The van der Waals surface area contributed by atoms with Gasteiger partial charge in [0.05, 0.1) is 7.11 Å². The number of hydrogen-bond acceptors (Lipinski definition) is 1. The molecule has 0 aliphatic heterocycles. The lowest BCUT2D eigenvalue weighted by Crippen LogP contribution is -1.81. The van der Waals surface area contributed by atoms with Gasteiger partial charge in [-0.15, -0.1) is 0 Å². The zero-order chi connectivity index (χ0) is 10.4. The van der Waals surface area contributed by atoms with Crippen LogP contribution in [0.25, 0.3) is 6.08 Å².